The molecule has 0 aromatic heterocycles. The molecule has 1 aromatic carbocycles. The third-order valence-corrected chi connectivity index (χ3v) is 3.79. The lowest BCUT2D eigenvalue weighted by Crippen LogP contribution is -2.40. The van der Waals surface area contributed by atoms with Crippen LogP contribution in [0.2, 0.25) is 0 Å². The predicted octanol–water partition coefficient (Wildman–Crippen LogP) is 3.97. The molecule has 2 atom stereocenters. The maximum absolute atomic E-state index is 12.3. The highest BCUT2D eigenvalue weighted by molar-refractivity contribution is 5.44. The molecule has 2 N–H and O–H groups in total. The molecule has 0 fully saturated rings. The van der Waals surface area contributed by atoms with E-state index in [9.17, 15) is 13.2 Å². The van der Waals surface area contributed by atoms with Gasteiger partial charge in [-0.2, -0.15) is 13.2 Å². The molecule has 0 aliphatic carbocycles. The van der Waals surface area contributed by atoms with Crippen molar-refractivity contribution < 1.29 is 22.6 Å². The lowest BCUT2D eigenvalue weighted by molar-refractivity contribution is -0.137. The third kappa shape index (κ3) is 4.03. The van der Waals surface area contributed by atoms with Crippen molar-refractivity contribution in [3.05, 3.63) is 23.8 Å². The minimum absolute atomic E-state index is 0.0338. The molecule has 0 radical (unpaired) electrons. The van der Waals surface area contributed by atoms with Gasteiger partial charge in [-0.15, -0.1) is 0 Å². The summed E-state index contributed by atoms with van der Waals surface area (Å²) in [7, 11) is 1.55. The molecule has 2 rings (SSSR count). The summed E-state index contributed by atoms with van der Waals surface area (Å²) in [5.41, 5.74) is 6.32. The van der Waals surface area contributed by atoms with Gasteiger partial charge in [-0.1, -0.05) is 6.07 Å². The van der Waals surface area contributed by atoms with Crippen LogP contribution in [0.15, 0.2) is 18.2 Å². The van der Waals surface area contributed by atoms with Gasteiger partial charge in [0.1, 0.15) is 17.1 Å². The van der Waals surface area contributed by atoms with E-state index in [0.717, 1.165) is 5.56 Å². The second kappa shape index (κ2) is 5.75. The van der Waals surface area contributed by atoms with Crippen LogP contribution in [0, 0.1) is 0 Å². The van der Waals surface area contributed by atoms with Crippen molar-refractivity contribution in [2.24, 2.45) is 5.73 Å². The van der Waals surface area contributed by atoms with Crippen LogP contribution in [0.5, 0.6) is 11.5 Å². The number of methoxy groups -OCH3 is 1. The van der Waals surface area contributed by atoms with Gasteiger partial charge in [0.15, 0.2) is 0 Å². The average Bonchev–Trinajstić information content (AvgIpc) is 2.35. The van der Waals surface area contributed by atoms with E-state index in [4.69, 9.17) is 15.2 Å². The topological polar surface area (TPSA) is 44.5 Å². The van der Waals surface area contributed by atoms with Crippen molar-refractivity contribution in [1.29, 1.82) is 0 Å². The van der Waals surface area contributed by atoms with Crippen LogP contribution in [-0.2, 0) is 0 Å². The number of nitrogens with two attached hydrogens (primary N) is 1. The number of rotatable bonds is 4. The van der Waals surface area contributed by atoms with Gasteiger partial charge in [-0.25, -0.2) is 0 Å². The first-order valence-electron chi connectivity index (χ1n) is 6.92. The van der Waals surface area contributed by atoms with E-state index in [1.54, 1.807) is 19.2 Å². The van der Waals surface area contributed by atoms with E-state index in [-0.39, 0.29) is 12.5 Å². The quantitative estimate of drug-likeness (QED) is 0.915. The van der Waals surface area contributed by atoms with Gasteiger partial charge in [0.25, 0.3) is 0 Å². The SMILES string of the molecule is COc1ccc2c(c1)OC(C)(CCCC(F)(F)F)C[C@H]2N. The van der Waals surface area contributed by atoms with Gasteiger partial charge in [-0.05, 0) is 25.8 Å². The van der Waals surface area contributed by atoms with Crippen molar-refractivity contribution in [1.82, 2.24) is 0 Å². The molecule has 0 saturated carbocycles. The molecule has 0 spiro atoms. The standard InChI is InChI=1S/C15H20F3NO2/c1-14(6-3-7-15(16,17)18)9-12(19)11-5-4-10(20-2)8-13(11)21-14/h4-5,8,12H,3,6-7,9,19H2,1-2H3/t12-,14?/m1/s1. The van der Waals surface area contributed by atoms with Crippen molar-refractivity contribution in [3.63, 3.8) is 0 Å². The van der Waals surface area contributed by atoms with Gasteiger partial charge in [0.2, 0.25) is 0 Å². The molecule has 1 aromatic rings. The van der Waals surface area contributed by atoms with E-state index in [1.807, 2.05) is 13.0 Å². The lowest BCUT2D eigenvalue weighted by Gasteiger charge is -2.39. The Bertz CT molecular complexity index is 504. The van der Waals surface area contributed by atoms with E-state index >= 15 is 0 Å². The molecule has 1 heterocycles. The summed E-state index contributed by atoms with van der Waals surface area (Å²) in [6, 6.07) is 5.13. The van der Waals surface area contributed by atoms with Crippen LogP contribution in [0.25, 0.3) is 0 Å². The lowest BCUT2D eigenvalue weighted by atomic mass is 9.85. The zero-order chi connectivity index (χ0) is 15.7. The number of halogens is 3. The van der Waals surface area contributed by atoms with E-state index in [1.165, 1.54) is 0 Å². The molecule has 3 nitrogen and oxygen atoms in total. The summed E-state index contributed by atoms with van der Waals surface area (Å²) in [5.74, 6) is 1.24. The monoisotopic (exact) mass is 303 g/mol. The second-order valence-electron chi connectivity index (χ2n) is 5.74. The Morgan fingerprint density at radius 2 is 2.14 bits per heavy atom. The van der Waals surface area contributed by atoms with Crippen molar-refractivity contribution in [2.75, 3.05) is 7.11 Å². The van der Waals surface area contributed by atoms with Crippen molar-refractivity contribution in [2.45, 2.75) is 50.4 Å². The van der Waals surface area contributed by atoms with E-state index in [2.05, 4.69) is 0 Å². The summed E-state index contributed by atoms with van der Waals surface area (Å²) in [4.78, 5) is 0. The first-order valence-corrected chi connectivity index (χ1v) is 6.92. The number of alkyl halides is 3. The van der Waals surface area contributed by atoms with Gasteiger partial charge in [-0.3, -0.25) is 0 Å². The van der Waals surface area contributed by atoms with Gasteiger partial charge >= 0.3 is 6.18 Å². The molecule has 0 bridgehead atoms. The summed E-state index contributed by atoms with van der Waals surface area (Å²) in [6.45, 7) is 1.81. The highest BCUT2D eigenvalue weighted by Gasteiger charge is 2.37. The second-order valence-corrected chi connectivity index (χ2v) is 5.74. The van der Waals surface area contributed by atoms with Crippen LogP contribution in [0.1, 0.15) is 44.2 Å². The minimum Gasteiger partial charge on any atom is -0.497 e. The molecule has 21 heavy (non-hydrogen) atoms. The van der Waals surface area contributed by atoms with Crippen molar-refractivity contribution >= 4 is 0 Å². The Morgan fingerprint density at radius 3 is 2.76 bits per heavy atom. The molecule has 1 aliphatic rings. The molecular formula is C15H20F3NO2. The van der Waals surface area contributed by atoms with Crippen LogP contribution < -0.4 is 15.2 Å². The fourth-order valence-electron chi connectivity index (χ4n) is 2.73. The number of hydrogen-bond acceptors (Lipinski definition) is 3. The van der Waals surface area contributed by atoms with Crippen LogP contribution >= 0.6 is 0 Å². The highest BCUT2D eigenvalue weighted by Crippen LogP contribution is 2.42. The largest absolute Gasteiger partial charge is 0.497 e. The summed E-state index contributed by atoms with van der Waals surface area (Å²) in [5, 5.41) is 0. The first-order chi connectivity index (χ1) is 9.72. The summed E-state index contributed by atoms with van der Waals surface area (Å²) in [6.07, 6.45) is -4.08. The molecule has 1 unspecified atom stereocenters. The Balaban J connectivity index is 2.10. The molecule has 1 aliphatic heterocycles. The average molecular weight is 303 g/mol. The zero-order valence-corrected chi connectivity index (χ0v) is 12.2. The smallest absolute Gasteiger partial charge is 0.389 e. The Kier molecular flexibility index (Phi) is 4.37. The summed E-state index contributed by atoms with van der Waals surface area (Å²) < 4.78 is 47.9. The number of benzene rings is 1. The van der Waals surface area contributed by atoms with Crippen LogP contribution in [0.4, 0.5) is 13.2 Å². The molecule has 6 heteroatoms. The van der Waals surface area contributed by atoms with Gasteiger partial charge in [0.05, 0.1) is 7.11 Å². The Morgan fingerprint density at radius 1 is 1.43 bits per heavy atom. The number of hydrogen-bond donors (Lipinski definition) is 1. The molecular weight excluding hydrogens is 283 g/mol. The van der Waals surface area contributed by atoms with Crippen molar-refractivity contribution in [3.8, 4) is 11.5 Å². The minimum atomic E-state index is -4.13. The Labute approximate surface area is 122 Å². The van der Waals surface area contributed by atoms with Gasteiger partial charge < -0.3 is 15.2 Å². The fourth-order valence-corrected chi connectivity index (χ4v) is 2.73. The number of ether oxygens (including phenoxy) is 2. The third-order valence-electron chi connectivity index (χ3n) is 3.79. The Hall–Kier alpha value is -1.43. The van der Waals surface area contributed by atoms with E-state index in [0.29, 0.717) is 24.3 Å². The normalized spacial score (nSPS) is 25.1. The highest BCUT2D eigenvalue weighted by atomic mass is 19.4. The fraction of sp³-hybridized carbons (Fsp3) is 0.600. The maximum Gasteiger partial charge on any atom is 0.389 e. The van der Waals surface area contributed by atoms with E-state index < -0.39 is 18.2 Å². The van der Waals surface area contributed by atoms with Gasteiger partial charge in [0, 0.05) is 30.5 Å². The van der Waals surface area contributed by atoms with Crippen LogP contribution in [0.3, 0.4) is 0 Å². The first kappa shape index (κ1) is 15.9. The molecule has 0 amide bonds. The summed E-state index contributed by atoms with van der Waals surface area (Å²) >= 11 is 0. The van der Waals surface area contributed by atoms with Crippen LogP contribution in [-0.4, -0.2) is 18.9 Å². The molecule has 0 saturated heterocycles. The maximum atomic E-state index is 12.3. The predicted molar refractivity (Wildman–Crippen MR) is 73.5 cm³/mol. The molecule has 118 valence electrons. The number of fused-ring (bicyclic) bond motifs is 1. The zero-order valence-electron chi connectivity index (χ0n) is 12.2.